The monoisotopic (exact) mass is 140 g/mol. The van der Waals surface area contributed by atoms with E-state index in [-0.39, 0.29) is 0 Å². The molecule has 0 aliphatic rings. The van der Waals surface area contributed by atoms with Crippen LogP contribution in [0.2, 0.25) is 0 Å². The first-order valence-electron chi connectivity index (χ1n) is 2.87. The molecule has 0 amide bonds. The van der Waals surface area contributed by atoms with E-state index in [2.05, 4.69) is 0 Å². The Bertz CT molecular complexity index is 200. The molecule has 0 aliphatic carbocycles. The Morgan fingerprint density at radius 3 is 2.56 bits per heavy atom. The lowest BCUT2D eigenvalue weighted by Crippen LogP contribution is -1.87. The topological polar surface area (TPSA) is 23.1 Å². The van der Waals surface area contributed by atoms with Gasteiger partial charge >= 0.3 is 0 Å². The van der Waals surface area contributed by atoms with Gasteiger partial charge in [0.2, 0.25) is 0 Å². The standard InChI is InChI=1S/C7H9OP/c1-6-4-3-5-9(8)7(6)2/h3-5H,1-2H3. The molecule has 1 aromatic heterocycles. The molecule has 0 N–H and O–H groups in total. The number of hydrogen-bond donors (Lipinski definition) is 0. The molecule has 48 valence electrons. The molecule has 0 saturated heterocycles. The zero-order valence-corrected chi connectivity index (χ0v) is 6.48. The highest BCUT2D eigenvalue weighted by atomic mass is 31.1. The highest BCUT2D eigenvalue weighted by Crippen LogP contribution is 2.24. The molecule has 0 bridgehead atoms. The maximum Gasteiger partial charge on any atom is 0.121 e. The largest absolute Gasteiger partial charge is 0.626 e. The Balaban J connectivity index is 3.25. The first-order chi connectivity index (χ1) is 4.22. The summed E-state index contributed by atoms with van der Waals surface area (Å²) in [7, 11) is -1.17. The molecule has 0 saturated carbocycles. The Kier molecular flexibility index (Phi) is 1.84. The lowest BCUT2D eigenvalue weighted by molar-refractivity contribution is -0.150. The minimum Gasteiger partial charge on any atom is -0.626 e. The van der Waals surface area contributed by atoms with Crippen molar-refractivity contribution in [2.45, 2.75) is 13.8 Å². The Morgan fingerprint density at radius 2 is 2.11 bits per heavy atom. The van der Waals surface area contributed by atoms with E-state index in [4.69, 9.17) is 0 Å². The van der Waals surface area contributed by atoms with Crippen LogP contribution in [0.5, 0.6) is 0 Å². The van der Waals surface area contributed by atoms with Crippen LogP contribution in [-0.2, 0) is 0 Å². The molecule has 2 heteroatoms. The Hall–Kier alpha value is -0.390. The maximum atomic E-state index is 11.0. The van der Waals surface area contributed by atoms with E-state index in [0.717, 1.165) is 10.9 Å². The van der Waals surface area contributed by atoms with Crippen molar-refractivity contribution in [1.82, 2.24) is 0 Å². The third-order valence-corrected chi connectivity index (χ3v) is 2.93. The van der Waals surface area contributed by atoms with Crippen LogP contribution in [0.4, 0.5) is 0 Å². The molecule has 0 spiro atoms. The molecule has 0 fully saturated rings. The summed E-state index contributed by atoms with van der Waals surface area (Å²) >= 11 is 0. The van der Waals surface area contributed by atoms with Crippen LogP contribution in [0.25, 0.3) is 0 Å². The molecule has 0 aliphatic heterocycles. The molecule has 1 unspecified atom stereocenters. The molecule has 1 heterocycles. The van der Waals surface area contributed by atoms with E-state index in [1.807, 2.05) is 26.0 Å². The van der Waals surface area contributed by atoms with Gasteiger partial charge in [-0.15, -0.1) is 0 Å². The van der Waals surface area contributed by atoms with Crippen molar-refractivity contribution in [3.05, 3.63) is 28.8 Å². The van der Waals surface area contributed by atoms with Gasteiger partial charge in [0, 0.05) is 6.92 Å². The molecular weight excluding hydrogens is 131 g/mol. The summed E-state index contributed by atoms with van der Waals surface area (Å²) in [6, 6.07) is 3.83. The first kappa shape index (κ1) is 6.73. The fourth-order valence-electron chi connectivity index (χ4n) is 0.672. The van der Waals surface area contributed by atoms with Crippen molar-refractivity contribution in [1.29, 1.82) is 0 Å². The lowest BCUT2D eigenvalue weighted by Gasteiger charge is -1.96. The fourth-order valence-corrected chi connectivity index (χ4v) is 1.56. The number of aryl methyl sites for hydroxylation is 1. The lowest BCUT2D eigenvalue weighted by atomic mass is 10.3. The highest BCUT2D eigenvalue weighted by Gasteiger charge is 1.99. The second-order valence-electron chi connectivity index (χ2n) is 2.10. The Morgan fingerprint density at radius 1 is 1.44 bits per heavy atom. The summed E-state index contributed by atoms with van der Waals surface area (Å²) < 4.78 is 0. The van der Waals surface area contributed by atoms with Crippen molar-refractivity contribution < 1.29 is 4.89 Å². The first-order valence-corrected chi connectivity index (χ1v) is 4.20. The third kappa shape index (κ3) is 1.29. The molecule has 1 rings (SSSR count). The fraction of sp³-hybridized carbons (Fsp3) is 0.286. The van der Waals surface area contributed by atoms with Gasteiger partial charge in [-0.25, -0.2) is 0 Å². The van der Waals surface area contributed by atoms with Crippen LogP contribution in [0.1, 0.15) is 10.9 Å². The van der Waals surface area contributed by atoms with Crippen molar-refractivity contribution in [2.24, 2.45) is 0 Å². The van der Waals surface area contributed by atoms with Crippen LogP contribution < -0.4 is 4.89 Å². The molecular formula is C7H9OP. The molecule has 1 atom stereocenters. The van der Waals surface area contributed by atoms with E-state index < -0.39 is 7.76 Å². The van der Waals surface area contributed by atoms with Gasteiger partial charge in [-0.3, -0.25) is 0 Å². The highest BCUT2D eigenvalue weighted by molar-refractivity contribution is 7.42. The van der Waals surface area contributed by atoms with E-state index in [9.17, 15) is 4.89 Å². The van der Waals surface area contributed by atoms with Gasteiger partial charge in [-0.2, -0.15) is 0 Å². The minimum absolute atomic E-state index is 1.01. The zero-order chi connectivity index (χ0) is 6.85. The molecule has 9 heavy (non-hydrogen) atoms. The van der Waals surface area contributed by atoms with E-state index >= 15 is 0 Å². The Labute approximate surface area is 56.1 Å². The second kappa shape index (κ2) is 2.47. The number of rotatable bonds is 0. The summed E-state index contributed by atoms with van der Waals surface area (Å²) in [6.45, 7) is 3.89. The van der Waals surface area contributed by atoms with Crippen LogP contribution in [0.15, 0.2) is 17.9 Å². The van der Waals surface area contributed by atoms with E-state index in [0.29, 0.717) is 0 Å². The van der Waals surface area contributed by atoms with E-state index in [1.165, 1.54) is 0 Å². The van der Waals surface area contributed by atoms with Gasteiger partial charge in [0.05, 0.1) is 7.76 Å². The zero-order valence-electron chi connectivity index (χ0n) is 5.59. The van der Waals surface area contributed by atoms with Crippen LogP contribution in [0, 0.1) is 13.8 Å². The third-order valence-electron chi connectivity index (χ3n) is 1.47. The van der Waals surface area contributed by atoms with Gasteiger partial charge in [0.15, 0.2) is 0 Å². The van der Waals surface area contributed by atoms with Gasteiger partial charge in [0.25, 0.3) is 0 Å². The van der Waals surface area contributed by atoms with Gasteiger partial charge < -0.3 is 4.89 Å². The van der Waals surface area contributed by atoms with Crippen molar-refractivity contribution in [3.8, 4) is 0 Å². The predicted octanol–water partition coefficient (Wildman–Crippen LogP) is 1.69. The minimum atomic E-state index is -1.17. The molecule has 0 radical (unpaired) electrons. The number of hydrogen-bond acceptors (Lipinski definition) is 1. The average Bonchev–Trinajstić information content (AvgIpc) is 1.83. The second-order valence-corrected chi connectivity index (χ2v) is 3.72. The summed E-state index contributed by atoms with van der Waals surface area (Å²) in [5.41, 5.74) is 1.14. The summed E-state index contributed by atoms with van der Waals surface area (Å²) in [6.07, 6.45) is 0. The summed E-state index contributed by atoms with van der Waals surface area (Å²) in [4.78, 5) is 11.0. The van der Waals surface area contributed by atoms with Crippen molar-refractivity contribution >= 4 is 7.76 Å². The molecule has 1 aromatic rings. The summed E-state index contributed by atoms with van der Waals surface area (Å²) in [5.74, 6) is 1.73. The molecule has 1 nitrogen and oxygen atoms in total. The van der Waals surface area contributed by atoms with E-state index in [1.54, 1.807) is 5.80 Å². The van der Waals surface area contributed by atoms with Crippen LogP contribution in [-0.4, -0.2) is 0 Å². The van der Waals surface area contributed by atoms with Crippen molar-refractivity contribution in [3.63, 3.8) is 0 Å². The SMILES string of the molecule is Cc1ccc[p+]([O-])c1C. The normalized spacial score (nSPS) is 11.7. The van der Waals surface area contributed by atoms with Crippen LogP contribution >= 0.6 is 7.76 Å². The maximum absolute atomic E-state index is 11.0. The van der Waals surface area contributed by atoms with Gasteiger partial charge in [-0.1, -0.05) is 6.07 Å². The summed E-state index contributed by atoms with van der Waals surface area (Å²) in [5, 5.41) is 1.01. The predicted molar refractivity (Wildman–Crippen MR) is 38.4 cm³/mol. The smallest absolute Gasteiger partial charge is 0.121 e. The molecule has 0 aromatic carbocycles. The van der Waals surface area contributed by atoms with Gasteiger partial charge in [0.1, 0.15) is 11.1 Å². The van der Waals surface area contributed by atoms with Crippen LogP contribution in [0.3, 0.4) is 0 Å². The quantitative estimate of drug-likeness (QED) is 0.537. The van der Waals surface area contributed by atoms with Gasteiger partial charge in [-0.05, 0) is 18.6 Å². The average molecular weight is 140 g/mol. The van der Waals surface area contributed by atoms with Crippen molar-refractivity contribution in [2.75, 3.05) is 0 Å².